The van der Waals surface area contributed by atoms with Crippen molar-refractivity contribution in [3.63, 3.8) is 0 Å². The summed E-state index contributed by atoms with van der Waals surface area (Å²) < 4.78 is 5.45. The Balaban J connectivity index is 1.90. The maximum atomic E-state index is 5.45. The Morgan fingerprint density at radius 1 is 1.23 bits per heavy atom. The second-order valence-electron chi connectivity index (χ2n) is 5.34. The molecule has 2 aliphatic rings. The zero-order valence-corrected chi connectivity index (χ0v) is 9.01. The third kappa shape index (κ3) is 1.76. The molecule has 0 aromatic heterocycles. The van der Waals surface area contributed by atoms with Crippen molar-refractivity contribution >= 4 is 0 Å². The van der Waals surface area contributed by atoms with Gasteiger partial charge in [-0.05, 0) is 49.4 Å². The molecule has 76 valence electrons. The second-order valence-corrected chi connectivity index (χ2v) is 5.34. The van der Waals surface area contributed by atoms with Gasteiger partial charge >= 0.3 is 0 Å². The first-order chi connectivity index (χ1) is 6.23. The Hall–Kier alpha value is -0.0400. The van der Waals surface area contributed by atoms with E-state index in [1.165, 1.54) is 32.1 Å². The minimum atomic E-state index is 0.725. The third-order valence-corrected chi connectivity index (χ3v) is 4.10. The fraction of sp³-hybridized carbons (Fsp3) is 1.00. The van der Waals surface area contributed by atoms with Crippen LogP contribution in [-0.2, 0) is 4.74 Å². The largest absolute Gasteiger partial charge is 0.381 e. The summed E-state index contributed by atoms with van der Waals surface area (Å²) in [6.07, 6.45) is 7.08. The molecule has 0 amide bonds. The van der Waals surface area contributed by atoms with E-state index in [0.717, 1.165) is 30.5 Å². The van der Waals surface area contributed by atoms with Gasteiger partial charge in [0.1, 0.15) is 0 Å². The van der Waals surface area contributed by atoms with Gasteiger partial charge in [0, 0.05) is 13.2 Å². The lowest BCUT2D eigenvalue weighted by Crippen LogP contribution is -2.44. The predicted octanol–water partition coefficient (Wildman–Crippen LogP) is 3.24. The first-order valence-corrected chi connectivity index (χ1v) is 5.81. The van der Waals surface area contributed by atoms with E-state index < -0.39 is 0 Å². The molecule has 1 heterocycles. The summed E-state index contributed by atoms with van der Waals surface area (Å²) in [6, 6.07) is 0. The van der Waals surface area contributed by atoms with E-state index in [0.29, 0.717) is 0 Å². The zero-order valence-electron chi connectivity index (χ0n) is 9.01. The van der Waals surface area contributed by atoms with Crippen LogP contribution >= 0.6 is 0 Å². The van der Waals surface area contributed by atoms with Crippen molar-refractivity contribution in [3.05, 3.63) is 0 Å². The highest BCUT2D eigenvalue weighted by molar-refractivity contribution is 4.96. The Bertz CT molecular complexity index is 168. The van der Waals surface area contributed by atoms with Gasteiger partial charge < -0.3 is 4.74 Å². The first-order valence-electron chi connectivity index (χ1n) is 5.81. The molecular formula is C12H22O. The minimum Gasteiger partial charge on any atom is -0.381 e. The molecule has 0 radical (unpaired) electrons. The standard InChI is InChI=1S/C12H22O/c1-10(2)9-11-3-4-12(11)5-7-13-8-6-12/h10-11H,3-9H2,1-2H3. The molecular weight excluding hydrogens is 160 g/mol. The van der Waals surface area contributed by atoms with Gasteiger partial charge in [0.2, 0.25) is 0 Å². The van der Waals surface area contributed by atoms with Crippen LogP contribution in [0, 0.1) is 17.3 Å². The lowest BCUT2D eigenvalue weighted by Gasteiger charge is -2.52. The fourth-order valence-corrected chi connectivity index (χ4v) is 3.13. The molecule has 1 atom stereocenters. The van der Waals surface area contributed by atoms with E-state index in [4.69, 9.17) is 4.74 Å². The zero-order chi connectivity index (χ0) is 9.31. The third-order valence-electron chi connectivity index (χ3n) is 4.10. The summed E-state index contributed by atoms with van der Waals surface area (Å²) >= 11 is 0. The van der Waals surface area contributed by atoms with Crippen molar-refractivity contribution in [2.75, 3.05) is 13.2 Å². The van der Waals surface area contributed by atoms with Crippen LogP contribution in [0.2, 0.25) is 0 Å². The Morgan fingerprint density at radius 2 is 1.92 bits per heavy atom. The smallest absolute Gasteiger partial charge is 0.0471 e. The van der Waals surface area contributed by atoms with Crippen molar-refractivity contribution in [3.8, 4) is 0 Å². The van der Waals surface area contributed by atoms with Gasteiger partial charge in [0.25, 0.3) is 0 Å². The summed E-state index contributed by atoms with van der Waals surface area (Å²) in [5.41, 5.74) is 0.725. The van der Waals surface area contributed by atoms with Crippen molar-refractivity contribution in [1.29, 1.82) is 0 Å². The second kappa shape index (κ2) is 3.61. The molecule has 13 heavy (non-hydrogen) atoms. The van der Waals surface area contributed by atoms with Gasteiger partial charge in [-0.3, -0.25) is 0 Å². The van der Waals surface area contributed by atoms with Crippen molar-refractivity contribution in [2.24, 2.45) is 17.3 Å². The molecule has 1 unspecified atom stereocenters. The van der Waals surface area contributed by atoms with Gasteiger partial charge in [-0.15, -0.1) is 0 Å². The highest BCUT2D eigenvalue weighted by Gasteiger charge is 2.46. The van der Waals surface area contributed by atoms with Crippen LogP contribution in [0.3, 0.4) is 0 Å². The van der Waals surface area contributed by atoms with Gasteiger partial charge in [-0.25, -0.2) is 0 Å². The van der Waals surface area contributed by atoms with Crippen molar-refractivity contribution in [2.45, 2.75) is 46.0 Å². The molecule has 1 saturated heterocycles. The molecule has 0 N–H and O–H groups in total. The topological polar surface area (TPSA) is 9.23 Å². The lowest BCUT2D eigenvalue weighted by atomic mass is 9.54. The van der Waals surface area contributed by atoms with E-state index in [-0.39, 0.29) is 0 Å². The first kappa shape index (κ1) is 9.51. The van der Waals surface area contributed by atoms with Crippen LogP contribution in [0.15, 0.2) is 0 Å². The van der Waals surface area contributed by atoms with E-state index >= 15 is 0 Å². The van der Waals surface area contributed by atoms with Crippen LogP contribution in [0.4, 0.5) is 0 Å². The van der Waals surface area contributed by atoms with Gasteiger partial charge in [0.15, 0.2) is 0 Å². The highest BCUT2D eigenvalue weighted by Crippen LogP contribution is 2.55. The number of rotatable bonds is 2. The van der Waals surface area contributed by atoms with E-state index in [1.807, 2.05) is 0 Å². The molecule has 2 rings (SSSR count). The molecule has 1 aliphatic heterocycles. The monoisotopic (exact) mass is 182 g/mol. The molecule has 1 heteroatoms. The Morgan fingerprint density at radius 3 is 2.38 bits per heavy atom. The molecule has 0 bridgehead atoms. The van der Waals surface area contributed by atoms with Crippen LogP contribution in [0.1, 0.15) is 46.0 Å². The normalized spacial score (nSPS) is 32.1. The maximum absolute atomic E-state index is 5.45. The molecule has 1 saturated carbocycles. The minimum absolute atomic E-state index is 0.725. The van der Waals surface area contributed by atoms with Crippen LogP contribution in [0.5, 0.6) is 0 Å². The van der Waals surface area contributed by atoms with E-state index in [1.54, 1.807) is 0 Å². The summed E-state index contributed by atoms with van der Waals surface area (Å²) in [7, 11) is 0. The quantitative estimate of drug-likeness (QED) is 0.637. The number of hydrogen-bond donors (Lipinski definition) is 0. The van der Waals surface area contributed by atoms with Crippen LogP contribution < -0.4 is 0 Å². The summed E-state index contributed by atoms with van der Waals surface area (Å²) in [6.45, 7) is 6.75. The molecule has 1 aliphatic carbocycles. The molecule has 1 nitrogen and oxygen atoms in total. The molecule has 0 aromatic carbocycles. The fourth-order valence-electron chi connectivity index (χ4n) is 3.13. The molecule has 1 spiro atoms. The average molecular weight is 182 g/mol. The predicted molar refractivity (Wildman–Crippen MR) is 54.7 cm³/mol. The van der Waals surface area contributed by atoms with Crippen LogP contribution in [0.25, 0.3) is 0 Å². The van der Waals surface area contributed by atoms with E-state index in [2.05, 4.69) is 13.8 Å². The Kier molecular flexibility index (Phi) is 2.64. The molecule has 2 fully saturated rings. The maximum Gasteiger partial charge on any atom is 0.0471 e. The van der Waals surface area contributed by atoms with Gasteiger partial charge in [-0.2, -0.15) is 0 Å². The Labute approximate surface area is 81.9 Å². The lowest BCUT2D eigenvalue weighted by molar-refractivity contribution is -0.0820. The van der Waals surface area contributed by atoms with Crippen molar-refractivity contribution in [1.82, 2.24) is 0 Å². The van der Waals surface area contributed by atoms with Crippen molar-refractivity contribution < 1.29 is 4.74 Å². The van der Waals surface area contributed by atoms with Gasteiger partial charge in [-0.1, -0.05) is 13.8 Å². The van der Waals surface area contributed by atoms with Crippen LogP contribution in [-0.4, -0.2) is 13.2 Å². The van der Waals surface area contributed by atoms with Gasteiger partial charge in [0.05, 0.1) is 0 Å². The molecule has 0 aromatic rings. The number of ether oxygens (including phenoxy) is 1. The average Bonchev–Trinajstić information content (AvgIpc) is 2.14. The highest BCUT2D eigenvalue weighted by atomic mass is 16.5. The summed E-state index contributed by atoms with van der Waals surface area (Å²) in [5.74, 6) is 1.90. The SMILES string of the molecule is CC(C)CC1CCC12CCOCC2. The summed E-state index contributed by atoms with van der Waals surface area (Å²) in [4.78, 5) is 0. The number of hydrogen-bond acceptors (Lipinski definition) is 1. The summed E-state index contributed by atoms with van der Waals surface area (Å²) in [5, 5.41) is 0. The van der Waals surface area contributed by atoms with E-state index in [9.17, 15) is 0 Å².